The summed E-state index contributed by atoms with van der Waals surface area (Å²) in [6.45, 7) is -0.483. The maximum Gasteiger partial charge on any atom is 0.456 e. The number of sulfone groups is 1. The summed E-state index contributed by atoms with van der Waals surface area (Å²) in [6, 6.07) is 5.01. The summed E-state index contributed by atoms with van der Waals surface area (Å²) in [5.74, 6) is -5.39. The molecule has 0 saturated heterocycles. The van der Waals surface area contributed by atoms with E-state index in [0.717, 1.165) is 12.3 Å². The van der Waals surface area contributed by atoms with Gasteiger partial charge in [0, 0.05) is 0 Å². The lowest BCUT2D eigenvalue weighted by Gasteiger charge is -2.19. The number of ether oxygens (including phenoxy) is 1. The molecule has 0 unspecified atom stereocenters. The van der Waals surface area contributed by atoms with E-state index in [1.54, 1.807) is 0 Å². The lowest BCUT2D eigenvalue weighted by Crippen LogP contribution is -2.41. The molecule has 0 atom stereocenters. The van der Waals surface area contributed by atoms with Crippen LogP contribution in [0.4, 0.5) is 22.0 Å². The van der Waals surface area contributed by atoms with Crippen molar-refractivity contribution in [3.8, 4) is 23.0 Å². The van der Waals surface area contributed by atoms with Crippen LogP contribution in [0.3, 0.4) is 0 Å². The highest BCUT2D eigenvalue weighted by Gasteiger charge is 2.58. The molecule has 0 fully saturated rings. The predicted molar refractivity (Wildman–Crippen MR) is 96.6 cm³/mol. The Labute approximate surface area is 172 Å². The van der Waals surface area contributed by atoms with Gasteiger partial charge in [0.05, 0.1) is 22.5 Å². The first-order chi connectivity index (χ1) is 14.4. The van der Waals surface area contributed by atoms with Gasteiger partial charge in [0.15, 0.2) is 22.3 Å². The fourth-order valence-electron chi connectivity index (χ4n) is 2.34. The lowest BCUT2D eigenvalue weighted by molar-refractivity contribution is -0.290. The van der Waals surface area contributed by atoms with Gasteiger partial charge in [0.2, 0.25) is 0 Å². The Bertz CT molecular complexity index is 1150. The van der Waals surface area contributed by atoms with Gasteiger partial charge in [-0.25, -0.2) is 23.1 Å². The van der Waals surface area contributed by atoms with Crippen LogP contribution >= 0.6 is 0 Å². The molecule has 14 heteroatoms. The van der Waals surface area contributed by atoms with E-state index in [0.29, 0.717) is 0 Å². The molecule has 0 N–H and O–H groups in total. The van der Waals surface area contributed by atoms with Gasteiger partial charge in [0.1, 0.15) is 24.1 Å². The first kappa shape index (κ1) is 22.5. The Kier molecular flexibility index (Phi) is 5.93. The molecule has 0 aliphatic carbocycles. The van der Waals surface area contributed by atoms with E-state index in [1.807, 2.05) is 0 Å². The zero-order chi connectivity index (χ0) is 22.9. The molecule has 0 spiro atoms. The zero-order valence-corrected chi connectivity index (χ0v) is 16.5. The topological polar surface area (TPSA) is 99.9 Å². The Balaban J connectivity index is 1.95. The van der Waals surface area contributed by atoms with Crippen molar-refractivity contribution in [2.24, 2.45) is 0 Å². The standard InChI is InChI=1S/C17H14F5N5O3S/c1-2-31(28,29)13-5-6-14(27-10-23-9-25-27)26-15(13)12-4-3-11(7-24-12)30-8-16(18,19)17(20,21)22/h3-7,9-10H,2,8H2,1H3. The highest BCUT2D eigenvalue weighted by Crippen LogP contribution is 2.36. The highest BCUT2D eigenvalue weighted by molar-refractivity contribution is 7.91. The van der Waals surface area contributed by atoms with Crippen LogP contribution in [-0.4, -0.2) is 57.6 Å². The first-order valence-electron chi connectivity index (χ1n) is 8.57. The monoisotopic (exact) mass is 463 g/mol. The fourth-order valence-corrected chi connectivity index (χ4v) is 3.37. The van der Waals surface area contributed by atoms with Crippen LogP contribution in [0.15, 0.2) is 48.0 Å². The largest absolute Gasteiger partial charge is 0.485 e. The van der Waals surface area contributed by atoms with Gasteiger partial charge < -0.3 is 4.74 Å². The number of alkyl halides is 5. The second-order valence-corrected chi connectivity index (χ2v) is 8.38. The molecule has 166 valence electrons. The molecular formula is C17H14F5N5O3S. The molecule has 0 aliphatic rings. The number of halogens is 5. The zero-order valence-electron chi connectivity index (χ0n) is 15.7. The molecule has 0 amide bonds. The Morgan fingerprint density at radius 2 is 1.84 bits per heavy atom. The number of hydrogen-bond donors (Lipinski definition) is 0. The molecular weight excluding hydrogens is 449 g/mol. The minimum absolute atomic E-state index is 0.0314. The highest BCUT2D eigenvalue weighted by atomic mass is 32.2. The Hall–Kier alpha value is -3.16. The normalized spacial score (nSPS) is 12.7. The van der Waals surface area contributed by atoms with Gasteiger partial charge in [-0.15, -0.1) is 0 Å². The third kappa shape index (κ3) is 4.78. The molecule has 0 radical (unpaired) electrons. The minimum Gasteiger partial charge on any atom is -0.485 e. The van der Waals surface area contributed by atoms with E-state index in [4.69, 9.17) is 0 Å². The van der Waals surface area contributed by atoms with E-state index in [-0.39, 0.29) is 33.6 Å². The SMILES string of the molecule is CCS(=O)(=O)c1ccc(-n2cncn2)nc1-c1ccc(OCC(F)(F)C(F)(F)F)cn1. The first-order valence-corrected chi connectivity index (χ1v) is 10.2. The molecule has 0 saturated carbocycles. The summed E-state index contributed by atoms with van der Waals surface area (Å²) < 4.78 is 93.4. The van der Waals surface area contributed by atoms with Gasteiger partial charge in [-0.3, -0.25) is 4.98 Å². The summed E-state index contributed by atoms with van der Waals surface area (Å²) in [5, 5.41) is 3.90. The van der Waals surface area contributed by atoms with Crippen LogP contribution in [-0.2, 0) is 9.84 Å². The van der Waals surface area contributed by atoms with Crippen LogP contribution in [0.2, 0.25) is 0 Å². The summed E-state index contributed by atoms with van der Waals surface area (Å²) in [7, 11) is -3.72. The number of pyridine rings is 2. The van der Waals surface area contributed by atoms with Crippen LogP contribution in [0.5, 0.6) is 5.75 Å². The van der Waals surface area contributed by atoms with Crippen molar-refractivity contribution in [3.63, 3.8) is 0 Å². The molecule has 0 bridgehead atoms. The number of hydrogen-bond acceptors (Lipinski definition) is 7. The van der Waals surface area contributed by atoms with Gasteiger partial charge >= 0.3 is 12.1 Å². The predicted octanol–water partition coefficient (Wildman–Crippen LogP) is 3.09. The van der Waals surface area contributed by atoms with Crippen molar-refractivity contribution in [1.82, 2.24) is 24.7 Å². The van der Waals surface area contributed by atoms with Gasteiger partial charge in [-0.2, -0.15) is 27.1 Å². The van der Waals surface area contributed by atoms with Crippen molar-refractivity contribution in [3.05, 3.63) is 43.1 Å². The van der Waals surface area contributed by atoms with E-state index in [2.05, 4.69) is 24.8 Å². The molecule has 3 aromatic rings. The van der Waals surface area contributed by atoms with E-state index < -0.39 is 28.5 Å². The average molecular weight is 463 g/mol. The molecule has 0 aliphatic heterocycles. The third-order valence-electron chi connectivity index (χ3n) is 4.03. The van der Waals surface area contributed by atoms with Crippen molar-refractivity contribution >= 4 is 9.84 Å². The summed E-state index contributed by atoms with van der Waals surface area (Å²) in [5.41, 5.74) is -0.0223. The van der Waals surface area contributed by atoms with Gasteiger partial charge in [0.25, 0.3) is 0 Å². The fraction of sp³-hybridized carbons (Fsp3) is 0.294. The van der Waals surface area contributed by atoms with Crippen molar-refractivity contribution in [2.75, 3.05) is 12.4 Å². The lowest BCUT2D eigenvalue weighted by atomic mass is 10.2. The Morgan fingerprint density at radius 1 is 1.10 bits per heavy atom. The maximum atomic E-state index is 13.0. The summed E-state index contributed by atoms with van der Waals surface area (Å²) in [4.78, 5) is 11.8. The van der Waals surface area contributed by atoms with Crippen LogP contribution in [0, 0.1) is 0 Å². The second-order valence-electron chi connectivity index (χ2n) is 6.13. The smallest absolute Gasteiger partial charge is 0.456 e. The number of aromatic nitrogens is 5. The maximum absolute atomic E-state index is 13.0. The quantitative estimate of drug-likeness (QED) is 0.497. The van der Waals surface area contributed by atoms with Crippen LogP contribution in [0.25, 0.3) is 17.2 Å². The van der Waals surface area contributed by atoms with Crippen LogP contribution < -0.4 is 4.74 Å². The average Bonchev–Trinajstić information content (AvgIpc) is 3.26. The van der Waals surface area contributed by atoms with E-state index in [1.165, 1.54) is 42.5 Å². The molecule has 3 aromatic heterocycles. The Morgan fingerprint density at radius 3 is 2.39 bits per heavy atom. The second kappa shape index (κ2) is 8.17. The van der Waals surface area contributed by atoms with Gasteiger partial charge in [-0.1, -0.05) is 6.92 Å². The van der Waals surface area contributed by atoms with Crippen LogP contribution in [0.1, 0.15) is 6.92 Å². The third-order valence-corrected chi connectivity index (χ3v) is 5.79. The summed E-state index contributed by atoms with van der Waals surface area (Å²) in [6.07, 6.45) is -2.27. The van der Waals surface area contributed by atoms with E-state index in [9.17, 15) is 30.4 Å². The molecule has 0 aromatic carbocycles. The number of rotatable bonds is 7. The van der Waals surface area contributed by atoms with Crippen molar-refractivity contribution in [1.29, 1.82) is 0 Å². The van der Waals surface area contributed by atoms with Crippen molar-refractivity contribution < 1.29 is 35.1 Å². The molecule has 3 rings (SSSR count). The summed E-state index contributed by atoms with van der Waals surface area (Å²) >= 11 is 0. The van der Waals surface area contributed by atoms with Gasteiger partial charge in [-0.05, 0) is 24.3 Å². The molecule has 3 heterocycles. The minimum atomic E-state index is -5.75. The number of nitrogens with zero attached hydrogens (tertiary/aromatic N) is 5. The molecule has 31 heavy (non-hydrogen) atoms. The molecule has 8 nitrogen and oxygen atoms in total. The van der Waals surface area contributed by atoms with E-state index >= 15 is 0 Å². The van der Waals surface area contributed by atoms with Crippen molar-refractivity contribution in [2.45, 2.75) is 23.9 Å².